The molecule has 0 N–H and O–H groups in total. The maximum atomic E-state index is 3.28. The van der Waals surface area contributed by atoms with Gasteiger partial charge in [0.05, 0.1) is 0 Å². The smallest absolute Gasteiger partial charge is 0.0261 e. The molecule has 0 nitrogen and oxygen atoms in total. The summed E-state index contributed by atoms with van der Waals surface area (Å²) < 4.78 is 0. The highest BCUT2D eigenvalue weighted by atomic mass is 79.9. The second-order valence-corrected chi connectivity index (χ2v) is 0.802. The average molecular weight is 167 g/mol. The predicted molar refractivity (Wildman–Crippen MR) is 26.6 cm³/mol. The van der Waals surface area contributed by atoms with Gasteiger partial charge in [0.1, 0.15) is 0 Å². The first-order valence-electron chi connectivity index (χ1n) is 0.626. The molecule has 0 amide bonds. The van der Waals surface area contributed by atoms with Gasteiger partial charge in [0.25, 0.3) is 0 Å². The molecule has 0 aromatic rings. The van der Waals surface area contributed by atoms with Gasteiger partial charge in [0, 0.05) is 0 Å². The molecular weight excluding hydrogens is 161 g/mol. The summed E-state index contributed by atoms with van der Waals surface area (Å²) in [5.41, 5.74) is 0. The molecule has 42 valence electrons. The molecule has 0 saturated carbocycles. The van der Waals surface area contributed by atoms with Crippen molar-refractivity contribution in [3.05, 3.63) is 11.6 Å². The van der Waals surface area contributed by atoms with Gasteiger partial charge < -0.3 is 0 Å². The van der Waals surface area contributed by atoms with Gasteiger partial charge in [0.2, 0.25) is 0 Å². The van der Waals surface area contributed by atoms with Crippen LogP contribution in [0.4, 0.5) is 14.1 Å². The third kappa shape index (κ3) is 363000. The van der Waals surface area contributed by atoms with E-state index in [4.69, 9.17) is 0 Å². The van der Waals surface area contributed by atoms with Crippen LogP contribution in [0.15, 0.2) is 11.6 Å². The van der Waals surface area contributed by atoms with Crippen LogP contribution < -0.4 is 0 Å². The summed E-state index contributed by atoms with van der Waals surface area (Å²) in [6, 6.07) is 0. The highest BCUT2D eigenvalue weighted by molar-refractivity contribution is 9.11. The van der Waals surface area contributed by atoms with Crippen LogP contribution in [0.3, 0.4) is 0 Å². The Balaban J connectivity index is -0.00000000667. The minimum absolute atomic E-state index is 0. The van der Waals surface area contributed by atoms with Crippen molar-refractivity contribution >= 4 is 15.9 Å². The molecule has 6 heavy (non-hydrogen) atoms. The molecule has 0 spiro atoms. The molecule has 0 aromatic carbocycles. The van der Waals surface area contributed by atoms with Crippen molar-refractivity contribution in [3.63, 3.8) is 0 Å². The van der Waals surface area contributed by atoms with Crippen LogP contribution >= 0.6 is 15.9 Å². The Bertz CT molecular complexity index is 16.3. The topological polar surface area (TPSA) is 0 Å². The average Bonchev–Trinajstić information content (AvgIpc) is 0.918. The van der Waals surface area contributed by atoms with Crippen LogP contribution in [-0.2, 0) is 0 Å². The van der Waals surface area contributed by atoms with Crippen molar-refractivity contribution in [3.8, 4) is 0 Å². The molecule has 0 rings (SSSR count). The van der Waals surface area contributed by atoms with Gasteiger partial charge in [-0.3, -0.25) is 14.1 Å². The Morgan fingerprint density at radius 3 is 1.17 bits per heavy atom. The van der Waals surface area contributed by atoms with Gasteiger partial charge in [-0.25, -0.2) is 0 Å². The molecule has 0 aromatic heterocycles. The van der Waals surface area contributed by atoms with Crippen molar-refractivity contribution in [2.45, 2.75) is 0 Å². The summed E-state index contributed by atoms with van der Waals surface area (Å²) in [6.07, 6.45) is 0. The van der Waals surface area contributed by atoms with E-state index in [2.05, 4.69) is 22.5 Å². The third-order valence-corrected chi connectivity index (χ3v) is 0. The Kier molecular flexibility index (Phi) is 491. The second kappa shape index (κ2) is 79.0. The monoisotopic (exact) mass is 166 g/mol. The first-order valence-corrected chi connectivity index (χ1v) is 1.54. The number of hydrogen-bond donors (Lipinski definition) is 0. The molecule has 4 heteroatoms. The van der Waals surface area contributed by atoms with Gasteiger partial charge in [-0.15, -0.1) is 0 Å². The summed E-state index contributed by atoms with van der Waals surface area (Å²) in [6.45, 7) is 3.28. The Morgan fingerprint density at radius 2 is 1.17 bits per heavy atom. The molecule has 0 radical (unpaired) electrons. The van der Waals surface area contributed by atoms with Crippen molar-refractivity contribution in [2.24, 2.45) is 0 Å². The molecule has 0 saturated heterocycles. The summed E-state index contributed by atoms with van der Waals surface area (Å²) in [5, 5.41) is 0. The lowest BCUT2D eigenvalue weighted by molar-refractivity contribution is 1.11. The van der Waals surface area contributed by atoms with Gasteiger partial charge in [-0.1, -0.05) is 22.5 Å². The van der Waals surface area contributed by atoms with E-state index < -0.39 is 0 Å². The maximum Gasteiger partial charge on any atom is -0.0261 e. The van der Waals surface area contributed by atoms with Crippen LogP contribution in [-0.4, -0.2) is 0 Å². The number of hydrogen-bond acceptors (Lipinski definition) is 0. The number of rotatable bonds is 0. The fraction of sp³-hybridized carbons (Fsp3) is 0. The lowest BCUT2D eigenvalue weighted by Gasteiger charge is -1.27. The SMILES string of the molecule is C=CBr.F.F.F. The highest BCUT2D eigenvalue weighted by Gasteiger charge is 1.18. The summed E-state index contributed by atoms with van der Waals surface area (Å²) in [4.78, 5) is 1.56. The Morgan fingerprint density at radius 1 is 1.17 bits per heavy atom. The fourth-order valence-electron chi connectivity index (χ4n) is 0. The molecular formula is C2H6BrF3. The maximum absolute atomic E-state index is 3.28. The predicted octanol–water partition coefficient (Wildman–Crippen LogP) is 1.98. The molecule has 0 atom stereocenters. The highest BCUT2D eigenvalue weighted by Crippen LogP contribution is 1.68. The van der Waals surface area contributed by atoms with E-state index in [1.54, 1.807) is 4.99 Å². The number of halogens is 4. The second-order valence-electron chi connectivity index (χ2n) is 0.154. The van der Waals surface area contributed by atoms with Gasteiger partial charge in [0.15, 0.2) is 0 Å². The minimum atomic E-state index is 0. The van der Waals surface area contributed by atoms with E-state index in [0.717, 1.165) is 0 Å². The third-order valence-electron chi connectivity index (χ3n) is 0. The first-order chi connectivity index (χ1) is 1.41. The zero-order valence-corrected chi connectivity index (χ0v) is 4.47. The molecule has 0 fully saturated rings. The van der Waals surface area contributed by atoms with Crippen molar-refractivity contribution < 1.29 is 14.1 Å². The quantitative estimate of drug-likeness (QED) is 0.517. The van der Waals surface area contributed by atoms with Crippen LogP contribution in [0.2, 0.25) is 0 Å². The standard InChI is InChI=1S/C2H3Br.3FH/c1-2-3;;;/h2H,1H2;3*1H. The Labute approximate surface area is 42.5 Å². The van der Waals surface area contributed by atoms with E-state index in [-0.39, 0.29) is 14.1 Å². The molecule has 0 aliphatic carbocycles. The fourth-order valence-corrected chi connectivity index (χ4v) is 0. The first kappa shape index (κ1) is 37.3. The molecule has 0 aliphatic rings. The van der Waals surface area contributed by atoms with Gasteiger partial charge in [-0.2, -0.15) is 0 Å². The van der Waals surface area contributed by atoms with Crippen molar-refractivity contribution in [2.75, 3.05) is 0 Å². The lowest BCUT2D eigenvalue weighted by Crippen LogP contribution is -0.895. The van der Waals surface area contributed by atoms with Crippen LogP contribution in [0, 0.1) is 0 Å². The lowest BCUT2D eigenvalue weighted by atomic mass is 11.3. The minimum Gasteiger partial charge on any atom is -0.269 e. The van der Waals surface area contributed by atoms with Crippen molar-refractivity contribution in [1.82, 2.24) is 0 Å². The van der Waals surface area contributed by atoms with Crippen LogP contribution in [0.25, 0.3) is 0 Å². The van der Waals surface area contributed by atoms with E-state index in [1.165, 1.54) is 0 Å². The largest absolute Gasteiger partial charge is 0.269 e. The van der Waals surface area contributed by atoms with Gasteiger partial charge in [-0.05, 0) is 4.99 Å². The molecule has 0 bridgehead atoms. The molecule has 0 unspecified atom stereocenters. The summed E-state index contributed by atoms with van der Waals surface area (Å²) in [7, 11) is 0. The zero-order chi connectivity index (χ0) is 2.71. The Hall–Kier alpha value is 0.01000. The summed E-state index contributed by atoms with van der Waals surface area (Å²) in [5.74, 6) is 0. The van der Waals surface area contributed by atoms with Gasteiger partial charge >= 0.3 is 0 Å². The van der Waals surface area contributed by atoms with E-state index in [1.807, 2.05) is 0 Å². The molecule has 0 heterocycles. The summed E-state index contributed by atoms with van der Waals surface area (Å²) >= 11 is 2.91. The van der Waals surface area contributed by atoms with E-state index >= 15 is 0 Å². The van der Waals surface area contributed by atoms with E-state index in [9.17, 15) is 0 Å². The zero-order valence-electron chi connectivity index (χ0n) is 2.89. The van der Waals surface area contributed by atoms with E-state index in [0.29, 0.717) is 0 Å². The molecule has 0 aliphatic heterocycles. The van der Waals surface area contributed by atoms with Crippen LogP contribution in [0.1, 0.15) is 0 Å². The van der Waals surface area contributed by atoms with Crippen LogP contribution in [0.5, 0.6) is 0 Å². The van der Waals surface area contributed by atoms with Crippen molar-refractivity contribution in [1.29, 1.82) is 0 Å². The normalized spacial score (nSPS) is 2.17.